The van der Waals surface area contributed by atoms with Crippen molar-refractivity contribution in [2.45, 2.75) is 25.2 Å². The molecule has 5 nitrogen and oxygen atoms in total. The molecule has 53 heavy (non-hydrogen) atoms. The van der Waals surface area contributed by atoms with Crippen molar-refractivity contribution in [3.63, 3.8) is 0 Å². The second-order valence-electron chi connectivity index (χ2n) is 14.2. The fourth-order valence-electron chi connectivity index (χ4n) is 8.47. The number of fused-ring (bicyclic) bond motifs is 8. The summed E-state index contributed by atoms with van der Waals surface area (Å²) in [7, 11) is 0. The van der Waals surface area contributed by atoms with E-state index in [0.29, 0.717) is 0 Å². The highest BCUT2D eigenvalue weighted by molar-refractivity contribution is 6.17. The van der Waals surface area contributed by atoms with E-state index in [9.17, 15) is 0 Å². The number of hydrogen-bond acceptors (Lipinski definition) is 3. The van der Waals surface area contributed by atoms with E-state index in [0.717, 1.165) is 69.7 Å². The van der Waals surface area contributed by atoms with Gasteiger partial charge in [0.2, 0.25) is 0 Å². The van der Waals surface area contributed by atoms with Crippen LogP contribution in [0.25, 0.3) is 72.5 Å². The van der Waals surface area contributed by atoms with E-state index in [2.05, 4.69) is 156 Å². The minimum atomic E-state index is 0.246. The minimum Gasteiger partial charge on any atom is -0.455 e. The van der Waals surface area contributed by atoms with E-state index in [1.54, 1.807) is 0 Å². The Kier molecular flexibility index (Phi) is 6.74. The molecule has 0 amide bonds. The number of nitrogens with zero attached hydrogens (tertiary/aromatic N) is 4. The van der Waals surface area contributed by atoms with Crippen molar-refractivity contribution >= 4 is 55.7 Å². The van der Waals surface area contributed by atoms with Crippen LogP contribution < -0.4 is 0 Å². The van der Waals surface area contributed by atoms with Gasteiger partial charge in [0.25, 0.3) is 0 Å². The van der Waals surface area contributed by atoms with Crippen LogP contribution in [0.2, 0.25) is 0 Å². The summed E-state index contributed by atoms with van der Waals surface area (Å²) in [6.07, 6.45) is 14.1. The summed E-state index contributed by atoms with van der Waals surface area (Å²) in [6.45, 7) is 0. The quantitative estimate of drug-likeness (QED) is 0.182. The van der Waals surface area contributed by atoms with Crippen molar-refractivity contribution in [2.24, 2.45) is 0 Å². The molecular formula is C48H34N4O. The third-order valence-electron chi connectivity index (χ3n) is 11.0. The number of benzene rings is 5. The molecule has 5 heteroatoms. The van der Waals surface area contributed by atoms with Gasteiger partial charge in [0.05, 0.1) is 10.9 Å². The highest BCUT2D eigenvalue weighted by Crippen LogP contribution is 2.42. The number of pyridine rings is 1. The van der Waals surface area contributed by atoms with Gasteiger partial charge in [-0.25, -0.2) is 9.50 Å². The molecule has 5 aromatic carbocycles. The molecule has 0 fully saturated rings. The number of rotatable bonds is 5. The van der Waals surface area contributed by atoms with Gasteiger partial charge in [-0.15, -0.1) is 5.10 Å². The summed E-state index contributed by atoms with van der Waals surface area (Å²) in [5, 5.41) is 8.49. The van der Waals surface area contributed by atoms with Crippen LogP contribution in [0.5, 0.6) is 0 Å². The Hall–Kier alpha value is -6.72. The van der Waals surface area contributed by atoms with Gasteiger partial charge >= 0.3 is 0 Å². The summed E-state index contributed by atoms with van der Waals surface area (Å²) >= 11 is 0. The van der Waals surface area contributed by atoms with Crippen molar-refractivity contribution in [1.29, 1.82) is 0 Å². The van der Waals surface area contributed by atoms with E-state index in [4.69, 9.17) is 14.5 Å². The molecule has 0 saturated heterocycles. The number of furan rings is 1. The predicted molar refractivity (Wildman–Crippen MR) is 216 cm³/mol. The van der Waals surface area contributed by atoms with Crippen LogP contribution in [0.3, 0.4) is 0 Å². The molecule has 0 N–H and O–H groups in total. The maximum atomic E-state index is 6.52. The zero-order valence-corrected chi connectivity index (χ0v) is 29.0. The third kappa shape index (κ3) is 4.92. The topological polar surface area (TPSA) is 48.3 Å². The Bertz CT molecular complexity index is 2960. The average molecular weight is 683 g/mol. The molecule has 0 spiro atoms. The molecule has 0 bridgehead atoms. The lowest BCUT2D eigenvalue weighted by Crippen LogP contribution is -2.05. The molecular weight excluding hydrogens is 649 g/mol. The van der Waals surface area contributed by atoms with Crippen LogP contribution in [-0.2, 0) is 6.42 Å². The maximum absolute atomic E-state index is 6.52. The van der Waals surface area contributed by atoms with Crippen LogP contribution in [0.1, 0.15) is 47.0 Å². The van der Waals surface area contributed by atoms with Crippen molar-refractivity contribution in [2.75, 3.05) is 0 Å². The SMILES string of the molecule is C1=Cc2c(n(-c3ccc(-c4ccn5nc(C6=CC(c7ccccc7)=CC(c7ccccc7)C6)nc5c4)cc3)c3ccc4c5ccccc5oc4c23)CC1. The Morgan fingerprint density at radius 1 is 0.717 bits per heavy atom. The second-order valence-corrected chi connectivity index (χ2v) is 14.2. The van der Waals surface area contributed by atoms with Gasteiger partial charge in [-0.2, -0.15) is 0 Å². The fraction of sp³-hybridized carbons (Fsp3) is 0.0833. The first-order valence-electron chi connectivity index (χ1n) is 18.4. The van der Waals surface area contributed by atoms with Gasteiger partial charge < -0.3 is 8.98 Å². The Morgan fingerprint density at radius 3 is 2.40 bits per heavy atom. The van der Waals surface area contributed by atoms with Gasteiger partial charge in [0.1, 0.15) is 11.2 Å². The van der Waals surface area contributed by atoms with Gasteiger partial charge in [0.15, 0.2) is 11.5 Å². The first-order valence-corrected chi connectivity index (χ1v) is 18.4. The van der Waals surface area contributed by atoms with Crippen molar-refractivity contribution in [3.05, 3.63) is 186 Å². The largest absolute Gasteiger partial charge is 0.455 e. The molecule has 4 heterocycles. The number of hydrogen-bond donors (Lipinski definition) is 0. The average Bonchev–Trinajstić information content (AvgIpc) is 3.93. The smallest absolute Gasteiger partial charge is 0.178 e. The van der Waals surface area contributed by atoms with E-state index in [1.165, 1.54) is 44.2 Å². The van der Waals surface area contributed by atoms with Crippen LogP contribution in [0.4, 0.5) is 0 Å². The van der Waals surface area contributed by atoms with E-state index >= 15 is 0 Å². The van der Waals surface area contributed by atoms with Gasteiger partial charge in [0, 0.05) is 45.4 Å². The number of aromatic nitrogens is 4. The van der Waals surface area contributed by atoms with Gasteiger partial charge in [-0.05, 0) is 95.6 Å². The third-order valence-corrected chi connectivity index (χ3v) is 11.0. The number of allylic oxidation sites excluding steroid dienone is 5. The zero-order chi connectivity index (χ0) is 34.9. The molecule has 2 aliphatic carbocycles. The molecule has 252 valence electrons. The standard InChI is InChI=1S/C48H34N4O/c1-3-11-31(12-4-1)35-27-36(32-13-5-2-6-14-32)29-37(28-35)48-49-45-30-34(25-26-51(45)50-48)33-19-21-38(22-20-33)52-42-17-9-7-16-41(42)46-43(52)24-23-40-39-15-8-10-18-44(39)53-47(40)46/h1-8,10-16,18-28,30,36H,9,17,29H2. The van der Waals surface area contributed by atoms with Gasteiger partial charge in [-0.3, -0.25) is 0 Å². The van der Waals surface area contributed by atoms with Crippen LogP contribution in [-0.4, -0.2) is 19.2 Å². The Morgan fingerprint density at radius 2 is 1.53 bits per heavy atom. The number of para-hydroxylation sites is 1. The van der Waals surface area contributed by atoms with Crippen LogP contribution >= 0.6 is 0 Å². The lowest BCUT2D eigenvalue weighted by atomic mass is 9.83. The molecule has 1 unspecified atom stereocenters. The van der Waals surface area contributed by atoms with Crippen molar-refractivity contribution < 1.29 is 4.42 Å². The molecule has 9 aromatic rings. The normalized spacial score (nSPS) is 15.7. The molecule has 2 aliphatic rings. The van der Waals surface area contributed by atoms with Crippen LogP contribution in [0.15, 0.2) is 162 Å². The summed E-state index contributed by atoms with van der Waals surface area (Å²) < 4.78 is 10.8. The van der Waals surface area contributed by atoms with E-state index < -0.39 is 0 Å². The van der Waals surface area contributed by atoms with Crippen molar-refractivity contribution in [3.8, 4) is 16.8 Å². The fourth-order valence-corrected chi connectivity index (χ4v) is 8.47. The molecule has 11 rings (SSSR count). The predicted octanol–water partition coefficient (Wildman–Crippen LogP) is 11.9. The summed E-state index contributed by atoms with van der Waals surface area (Å²) in [5.41, 5.74) is 14.8. The zero-order valence-electron chi connectivity index (χ0n) is 29.0. The summed E-state index contributed by atoms with van der Waals surface area (Å²) in [6, 6.07) is 47.4. The summed E-state index contributed by atoms with van der Waals surface area (Å²) in [5.74, 6) is 1.02. The van der Waals surface area contributed by atoms with E-state index in [1.807, 2.05) is 16.8 Å². The molecule has 0 aliphatic heterocycles. The first-order chi connectivity index (χ1) is 26.2. The van der Waals surface area contributed by atoms with E-state index in [-0.39, 0.29) is 5.92 Å². The second kappa shape index (κ2) is 11.9. The highest BCUT2D eigenvalue weighted by Gasteiger charge is 2.24. The molecule has 1 atom stereocenters. The first kappa shape index (κ1) is 30.0. The summed E-state index contributed by atoms with van der Waals surface area (Å²) in [4.78, 5) is 5.10. The lowest BCUT2D eigenvalue weighted by Gasteiger charge is -2.21. The van der Waals surface area contributed by atoms with Crippen molar-refractivity contribution in [1.82, 2.24) is 19.2 Å². The van der Waals surface area contributed by atoms with Gasteiger partial charge in [-0.1, -0.05) is 109 Å². The maximum Gasteiger partial charge on any atom is 0.178 e. The Labute approximate surface area is 306 Å². The lowest BCUT2D eigenvalue weighted by molar-refractivity contribution is 0.672. The monoisotopic (exact) mass is 682 g/mol. The highest BCUT2D eigenvalue weighted by atomic mass is 16.3. The minimum absolute atomic E-state index is 0.246. The molecule has 0 saturated carbocycles. The van der Waals surface area contributed by atoms with Crippen LogP contribution in [0, 0.1) is 0 Å². The Balaban J connectivity index is 0.951. The molecule has 0 radical (unpaired) electrons. The molecule has 4 aromatic heterocycles.